The number of furan rings is 1. The van der Waals surface area contributed by atoms with Crippen molar-refractivity contribution in [3.8, 4) is 0 Å². The predicted octanol–water partition coefficient (Wildman–Crippen LogP) is 4.79. The second kappa shape index (κ2) is 5.27. The van der Waals surface area contributed by atoms with Gasteiger partial charge >= 0.3 is 0 Å². The van der Waals surface area contributed by atoms with E-state index in [-0.39, 0.29) is 11.5 Å². The van der Waals surface area contributed by atoms with Crippen LogP contribution >= 0.6 is 0 Å². The van der Waals surface area contributed by atoms with Crippen LogP contribution in [0.4, 0.5) is 5.69 Å². The predicted molar refractivity (Wildman–Crippen MR) is 94.2 cm³/mol. The van der Waals surface area contributed by atoms with E-state index in [2.05, 4.69) is 20.8 Å². The van der Waals surface area contributed by atoms with E-state index in [0.717, 1.165) is 27.6 Å². The second-order valence-electron chi connectivity index (χ2n) is 6.17. The van der Waals surface area contributed by atoms with Gasteiger partial charge in [0.15, 0.2) is 5.76 Å². The number of anilines is 1. The summed E-state index contributed by atoms with van der Waals surface area (Å²) in [6, 6.07) is 7.46. The first-order valence-electron chi connectivity index (χ1n) is 7.73. The van der Waals surface area contributed by atoms with Gasteiger partial charge in [-0.2, -0.15) is 0 Å². The first-order chi connectivity index (χ1) is 10.8. The third-order valence-corrected chi connectivity index (χ3v) is 5.07. The van der Waals surface area contributed by atoms with Gasteiger partial charge in [0.2, 0.25) is 5.78 Å². The molecule has 3 rings (SSSR count). The Kier molecular flexibility index (Phi) is 3.52. The largest absolute Gasteiger partial charge is 0.450 e. The topological polar surface area (TPSA) is 56.2 Å². The van der Waals surface area contributed by atoms with Crippen molar-refractivity contribution in [2.75, 3.05) is 5.73 Å². The summed E-state index contributed by atoms with van der Waals surface area (Å²) in [5, 5.41) is 0.784. The van der Waals surface area contributed by atoms with Crippen LogP contribution in [0.1, 0.15) is 43.9 Å². The number of nitrogens with two attached hydrogens (primary N) is 1. The molecule has 0 bridgehead atoms. The molecule has 1 aromatic heterocycles. The zero-order valence-electron chi connectivity index (χ0n) is 14.2. The Bertz CT molecular complexity index is 919. The normalized spacial score (nSPS) is 11.2. The molecule has 3 heteroatoms. The maximum absolute atomic E-state index is 13.1. The number of fused-ring (bicyclic) bond motifs is 1. The minimum absolute atomic E-state index is 0.139. The summed E-state index contributed by atoms with van der Waals surface area (Å²) in [5.41, 5.74) is 13.4. The number of carbonyl (C=O) groups is 1. The lowest BCUT2D eigenvalue weighted by molar-refractivity contribution is 0.101. The van der Waals surface area contributed by atoms with Crippen molar-refractivity contribution in [1.82, 2.24) is 0 Å². The number of benzene rings is 2. The van der Waals surface area contributed by atoms with E-state index in [0.29, 0.717) is 16.8 Å². The van der Waals surface area contributed by atoms with E-state index in [1.54, 1.807) is 0 Å². The molecule has 2 aromatic carbocycles. The molecule has 0 saturated carbocycles. The summed E-state index contributed by atoms with van der Waals surface area (Å²) in [7, 11) is 0. The number of carbonyl (C=O) groups excluding carboxylic acids is 1. The Morgan fingerprint density at radius 2 is 1.39 bits per heavy atom. The minimum atomic E-state index is -0.139. The summed E-state index contributed by atoms with van der Waals surface area (Å²) < 4.78 is 5.76. The van der Waals surface area contributed by atoms with Crippen LogP contribution < -0.4 is 5.73 Å². The van der Waals surface area contributed by atoms with Crippen LogP contribution in [-0.2, 0) is 0 Å². The highest BCUT2D eigenvalue weighted by Crippen LogP contribution is 2.33. The Labute approximate surface area is 136 Å². The number of hydrogen-bond donors (Lipinski definition) is 1. The fourth-order valence-electron chi connectivity index (χ4n) is 3.19. The lowest BCUT2D eigenvalue weighted by Gasteiger charge is -2.17. The van der Waals surface area contributed by atoms with E-state index >= 15 is 0 Å². The zero-order valence-corrected chi connectivity index (χ0v) is 14.2. The maximum atomic E-state index is 13.1. The number of nitrogen functional groups attached to an aromatic ring is 1. The van der Waals surface area contributed by atoms with Crippen LogP contribution in [0, 0.1) is 34.6 Å². The molecule has 0 aliphatic rings. The molecule has 3 nitrogen and oxygen atoms in total. The molecule has 118 valence electrons. The summed E-state index contributed by atoms with van der Waals surface area (Å²) in [5.74, 6) is 0.0972. The molecule has 23 heavy (non-hydrogen) atoms. The smallest absolute Gasteiger partial charge is 0.230 e. The third-order valence-electron chi connectivity index (χ3n) is 5.07. The zero-order chi connectivity index (χ0) is 16.9. The number of para-hydroxylation sites is 1. The average molecular weight is 307 g/mol. The molecule has 0 aliphatic heterocycles. The molecule has 3 aromatic rings. The molecule has 2 N–H and O–H groups in total. The van der Waals surface area contributed by atoms with Gasteiger partial charge in [-0.25, -0.2) is 0 Å². The quantitative estimate of drug-likeness (QED) is 0.693. The number of rotatable bonds is 2. The Balaban J connectivity index is 2.27. The molecular formula is C20H21NO2. The molecular weight excluding hydrogens is 286 g/mol. The third kappa shape index (κ3) is 2.15. The second-order valence-corrected chi connectivity index (χ2v) is 6.17. The van der Waals surface area contributed by atoms with Gasteiger partial charge in [-0.3, -0.25) is 4.79 Å². The lowest BCUT2D eigenvalue weighted by atomic mass is 9.87. The molecule has 0 radical (unpaired) electrons. The Morgan fingerprint density at radius 1 is 0.870 bits per heavy atom. The highest BCUT2D eigenvalue weighted by atomic mass is 16.3. The van der Waals surface area contributed by atoms with Gasteiger partial charge in [0.25, 0.3) is 0 Å². The fourth-order valence-corrected chi connectivity index (χ4v) is 3.19. The van der Waals surface area contributed by atoms with E-state index in [1.165, 1.54) is 5.56 Å². The van der Waals surface area contributed by atoms with Crippen LogP contribution in [0.3, 0.4) is 0 Å². The van der Waals surface area contributed by atoms with Crippen molar-refractivity contribution in [1.29, 1.82) is 0 Å². The summed E-state index contributed by atoms with van der Waals surface area (Å²) in [6.45, 7) is 10.2. The number of ketones is 1. The van der Waals surface area contributed by atoms with Crippen molar-refractivity contribution in [3.63, 3.8) is 0 Å². The molecule has 0 aliphatic carbocycles. The van der Waals surface area contributed by atoms with Gasteiger partial charge in [-0.1, -0.05) is 12.1 Å². The fraction of sp³-hybridized carbons (Fsp3) is 0.250. The average Bonchev–Trinajstić information content (AvgIpc) is 2.88. The maximum Gasteiger partial charge on any atom is 0.230 e. The van der Waals surface area contributed by atoms with Crippen molar-refractivity contribution >= 4 is 22.4 Å². The lowest BCUT2D eigenvalue weighted by Crippen LogP contribution is -2.11. The van der Waals surface area contributed by atoms with Gasteiger partial charge in [0, 0.05) is 10.9 Å². The van der Waals surface area contributed by atoms with Gasteiger partial charge in [-0.05, 0) is 74.6 Å². The van der Waals surface area contributed by atoms with Crippen LogP contribution in [-0.4, -0.2) is 5.78 Å². The standard InChI is InChI=1S/C20H21NO2/c1-10-11(2)13(4)17(14(5)12(10)3)19(22)20-18(21)15-8-6-7-9-16(15)23-20/h6-9H,21H2,1-5H3. The van der Waals surface area contributed by atoms with E-state index in [4.69, 9.17) is 10.2 Å². The Hall–Kier alpha value is -2.55. The molecule has 0 unspecified atom stereocenters. The van der Waals surface area contributed by atoms with Crippen molar-refractivity contribution in [3.05, 3.63) is 63.4 Å². The van der Waals surface area contributed by atoms with Crippen LogP contribution in [0.25, 0.3) is 11.0 Å². The van der Waals surface area contributed by atoms with Gasteiger partial charge < -0.3 is 10.2 Å². The minimum Gasteiger partial charge on any atom is -0.450 e. The van der Waals surface area contributed by atoms with Crippen LogP contribution in [0.15, 0.2) is 28.7 Å². The first kappa shape index (κ1) is 15.3. The highest BCUT2D eigenvalue weighted by Gasteiger charge is 2.25. The number of hydrogen-bond acceptors (Lipinski definition) is 3. The Morgan fingerprint density at radius 3 is 1.96 bits per heavy atom. The molecule has 0 spiro atoms. The van der Waals surface area contributed by atoms with Crippen molar-refractivity contribution < 1.29 is 9.21 Å². The molecule has 0 saturated heterocycles. The van der Waals surface area contributed by atoms with E-state index in [1.807, 2.05) is 38.1 Å². The van der Waals surface area contributed by atoms with Crippen LogP contribution in [0.5, 0.6) is 0 Å². The first-order valence-corrected chi connectivity index (χ1v) is 7.73. The van der Waals surface area contributed by atoms with Crippen LogP contribution in [0.2, 0.25) is 0 Å². The molecule has 0 fully saturated rings. The van der Waals surface area contributed by atoms with E-state index in [9.17, 15) is 4.79 Å². The summed E-state index contributed by atoms with van der Waals surface area (Å²) >= 11 is 0. The van der Waals surface area contributed by atoms with Crippen molar-refractivity contribution in [2.45, 2.75) is 34.6 Å². The van der Waals surface area contributed by atoms with Gasteiger partial charge in [-0.15, -0.1) is 0 Å². The summed E-state index contributed by atoms with van der Waals surface area (Å²) in [4.78, 5) is 13.1. The van der Waals surface area contributed by atoms with E-state index < -0.39 is 0 Å². The SMILES string of the molecule is Cc1c(C)c(C)c(C(=O)c2oc3ccccc3c2N)c(C)c1C. The summed E-state index contributed by atoms with van der Waals surface area (Å²) in [6.07, 6.45) is 0. The van der Waals surface area contributed by atoms with Crippen molar-refractivity contribution in [2.24, 2.45) is 0 Å². The van der Waals surface area contributed by atoms with Gasteiger partial charge in [0.1, 0.15) is 5.58 Å². The molecule has 0 amide bonds. The highest BCUT2D eigenvalue weighted by molar-refractivity contribution is 6.15. The molecule has 0 atom stereocenters. The monoisotopic (exact) mass is 307 g/mol. The molecule has 1 heterocycles. The van der Waals surface area contributed by atoms with Gasteiger partial charge in [0.05, 0.1) is 5.69 Å².